The van der Waals surface area contributed by atoms with Crippen LogP contribution in [-0.2, 0) is 11.3 Å². The van der Waals surface area contributed by atoms with Crippen molar-refractivity contribution in [2.75, 3.05) is 18.6 Å². The molecule has 0 N–H and O–H groups in total. The molecule has 1 aromatic carbocycles. The number of esters is 1. The summed E-state index contributed by atoms with van der Waals surface area (Å²) in [5, 5.41) is 1.36. The molecule has 0 aliphatic carbocycles. The summed E-state index contributed by atoms with van der Waals surface area (Å²) in [6.07, 6.45) is 3.38. The highest BCUT2D eigenvalue weighted by Gasteiger charge is 2.27. The van der Waals surface area contributed by atoms with Gasteiger partial charge in [-0.25, -0.2) is 14.8 Å². The van der Waals surface area contributed by atoms with Gasteiger partial charge in [0.05, 0.1) is 33.3 Å². The van der Waals surface area contributed by atoms with Crippen molar-refractivity contribution in [2.45, 2.75) is 19.4 Å². The van der Waals surface area contributed by atoms with Crippen molar-refractivity contribution in [2.24, 2.45) is 0 Å². The number of anilines is 2. The van der Waals surface area contributed by atoms with Gasteiger partial charge in [-0.3, -0.25) is 4.90 Å². The van der Waals surface area contributed by atoms with Gasteiger partial charge in [-0.05, 0) is 31.0 Å². The van der Waals surface area contributed by atoms with Gasteiger partial charge >= 0.3 is 5.97 Å². The summed E-state index contributed by atoms with van der Waals surface area (Å²) >= 11 is 18.8. The maximum atomic E-state index is 12.3. The normalized spacial score (nSPS) is 14.1. The van der Waals surface area contributed by atoms with E-state index in [9.17, 15) is 4.79 Å². The number of benzene rings is 1. The SMILES string of the molecule is COC(=O)c1ccc(Cl)c2nc3n(c12)CCCCN3c1ncc(Cl)cc1Cl. The van der Waals surface area contributed by atoms with Gasteiger partial charge in [0.2, 0.25) is 5.95 Å². The van der Waals surface area contributed by atoms with Gasteiger partial charge < -0.3 is 9.30 Å². The topological polar surface area (TPSA) is 60.2 Å². The first-order valence-corrected chi connectivity index (χ1v) is 9.50. The van der Waals surface area contributed by atoms with Crippen molar-refractivity contribution in [1.82, 2.24) is 14.5 Å². The van der Waals surface area contributed by atoms with Crippen LogP contribution in [0.2, 0.25) is 15.1 Å². The molecule has 0 unspecified atom stereocenters. The van der Waals surface area contributed by atoms with Crippen LogP contribution in [0.5, 0.6) is 0 Å². The molecule has 4 rings (SSSR count). The van der Waals surface area contributed by atoms with E-state index in [4.69, 9.17) is 44.5 Å². The number of nitrogens with zero attached hydrogens (tertiary/aromatic N) is 4. The summed E-state index contributed by atoms with van der Waals surface area (Å²) in [5.41, 5.74) is 1.63. The molecule has 140 valence electrons. The van der Waals surface area contributed by atoms with Gasteiger partial charge in [-0.1, -0.05) is 34.8 Å². The summed E-state index contributed by atoms with van der Waals surface area (Å²) in [6, 6.07) is 4.96. The Kier molecular flexibility index (Phi) is 4.88. The largest absolute Gasteiger partial charge is 0.465 e. The van der Waals surface area contributed by atoms with Crippen molar-refractivity contribution in [1.29, 1.82) is 0 Å². The maximum absolute atomic E-state index is 12.3. The minimum absolute atomic E-state index is 0.424. The van der Waals surface area contributed by atoms with Crippen molar-refractivity contribution in [3.63, 3.8) is 0 Å². The van der Waals surface area contributed by atoms with Crippen LogP contribution in [0.3, 0.4) is 0 Å². The zero-order valence-electron chi connectivity index (χ0n) is 14.4. The fraction of sp³-hybridized carbons (Fsp3) is 0.278. The Morgan fingerprint density at radius 1 is 1.15 bits per heavy atom. The third kappa shape index (κ3) is 3.12. The van der Waals surface area contributed by atoms with Gasteiger partial charge in [0.15, 0.2) is 5.82 Å². The fourth-order valence-corrected chi connectivity index (χ4v) is 4.01. The molecule has 0 saturated carbocycles. The first-order chi connectivity index (χ1) is 13.0. The van der Waals surface area contributed by atoms with Crippen LogP contribution in [0, 0.1) is 0 Å². The van der Waals surface area contributed by atoms with Crippen LogP contribution in [0.1, 0.15) is 23.2 Å². The van der Waals surface area contributed by atoms with Crippen molar-refractivity contribution < 1.29 is 9.53 Å². The summed E-state index contributed by atoms with van der Waals surface area (Å²) < 4.78 is 6.91. The van der Waals surface area contributed by atoms with Crippen LogP contribution in [0.25, 0.3) is 11.0 Å². The molecule has 0 bridgehead atoms. The molecular weight excluding hydrogens is 411 g/mol. The minimum atomic E-state index is -0.433. The summed E-state index contributed by atoms with van der Waals surface area (Å²) in [5.74, 6) is 0.769. The third-order valence-corrected chi connectivity index (χ3v) is 5.32. The lowest BCUT2D eigenvalue weighted by Crippen LogP contribution is -2.21. The average molecular weight is 426 g/mol. The molecule has 1 aliphatic heterocycles. The van der Waals surface area contributed by atoms with Crippen molar-refractivity contribution in [3.8, 4) is 0 Å². The smallest absolute Gasteiger partial charge is 0.340 e. The molecule has 3 aromatic rings. The van der Waals surface area contributed by atoms with Crippen LogP contribution in [-0.4, -0.2) is 34.2 Å². The molecule has 0 fully saturated rings. The first kappa shape index (κ1) is 18.3. The number of imidazole rings is 1. The number of ether oxygens (including phenoxy) is 1. The number of hydrogen-bond acceptors (Lipinski definition) is 5. The highest BCUT2D eigenvalue weighted by atomic mass is 35.5. The quantitative estimate of drug-likeness (QED) is 0.534. The summed E-state index contributed by atoms with van der Waals surface area (Å²) in [4.78, 5) is 23.3. The molecular formula is C18H15Cl3N4O2. The second-order valence-corrected chi connectivity index (χ2v) is 7.42. The fourth-order valence-electron chi connectivity index (χ4n) is 3.33. The number of carbonyl (C=O) groups excluding carboxylic acids is 1. The predicted molar refractivity (Wildman–Crippen MR) is 107 cm³/mol. The van der Waals surface area contributed by atoms with E-state index in [1.54, 1.807) is 24.4 Å². The Bertz CT molecular complexity index is 1050. The molecule has 0 amide bonds. The Morgan fingerprint density at radius 3 is 2.67 bits per heavy atom. The summed E-state index contributed by atoms with van der Waals surface area (Å²) in [6.45, 7) is 1.38. The molecule has 2 aromatic heterocycles. The van der Waals surface area contributed by atoms with Gasteiger partial charge in [0.1, 0.15) is 5.52 Å². The Hall–Kier alpha value is -2.02. The number of rotatable bonds is 2. The lowest BCUT2D eigenvalue weighted by atomic mass is 10.1. The van der Waals surface area contributed by atoms with Crippen LogP contribution in [0.4, 0.5) is 11.8 Å². The third-order valence-electron chi connectivity index (χ3n) is 4.53. The molecule has 3 heterocycles. The van der Waals surface area contributed by atoms with E-state index in [-0.39, 0.29) is 0 Å². The first-order valence-electron chi connectivity index (χ1n) is 8.37. The maximum Gasteiger partial charge on any atom is 0.340 e. The molecule has 0 spiro atoms. The number of halogens is 3. The van der Waals surface area contributed by atoms with Crippen molar-refractivity contribution >= 4 is 63.6 Å². The molecule has 1 aliphatic rings. The Morgan fingerprint density at radius 2 is 1.93 bits per heavy atom. The minimum Gasteiger partial charge on any atom is -0.465 e. The van der Waals surface area contributed by atoms with E-state index in [1.165, 1.54) is 7.11 Å². The lowest BCUT2D eigenvalue weighted by molar-refractivity contribution is 0.0602. The van der Waals surface area contributed by atoms with Crippen LogP contribution in [0.15, 0.2) is 24.4 Å². The van der Waals surface area contributed by atoms with Gasteiger partial charge in [0, 0.05) is 19.3 Å². The number of aryl methyl sites for hydroxylation is 1. The number of carbonyl (C=O) groups is 1. The number of fused-ring (bicyclic) bond motifs is 3. The molecule has 6 nitrogen and oxygen atoms in total. The number of aromatic nitrogens is 3. The Labute approximate surface area is 170 Å². The summed E-state index contributed by atoms with van der Waals surface area (Å²) in [7, 11) is 1.35. The van der Waals surface area contributed by atoms with E-state index in [0.717, 1.165) is 12.8 Å². The molecule has 9 heteroatoms. The van der Waals surface area contributed by atoms with E-state index in [0.29, 0.717) is 56.5 Å². The molecule has 0 radical (unpaired) electrons. The predicted octanol–water partition coefficient (Wildman–Crippen LogP) is 5.11. The molecule has 27 heavy (non-hydrogen) atoms. The second kappa shape index (κ2) is 7.19. The monoisotopic (exact) mass is 424 g/mol. The highest BCUT2D eigenvalue weighted by molar-refractivity contribution is 6.36. The Balaban J connectivity index is 1.98. The van der Waals surface area contributed by atoms with Crippen molar-refractivity contribution in [3.05, 3.63) is 45.0 Å². The molecule has 0 atom stereocenters. The van der Waals surface area contributed by atoms with Gasteiger partial charge in [0.25, 0.3) is 0 Å². The second-order valence-electron chi connectivity index (χ2n) is 6.16. The van der Waals surface area contributed by atoms with E-state index < -0.39 is 5.97 Å². The van der Waals surface area contributed by atoms with Gasteiger partial charge in [-0.2, -0.15) is 0 Å². The standard InChI is InChI=1S/C18H15Cl3N4O2/c1-27-17(26)11-4-5-12(20)14-15(11)24-6-2-3-7-25(18(24)23-14)16-13(21)8-10(19)9-22-16/h4-5,8-9H,2-3,6-7H2,1H3. The number of pyridine rings is 1. The number of methoxy groups -OCH3 is 1. The van der Waals surface area contributed by atoms with Gasteiger partial charge in [-0.15, -0.1) is 0 Å². The van der Waals surface area contributed by atoms with E-state index in [1.807, 2.05) is 9.47 Å². The van der Waals surface area contributed by atoms with E-state index >= 15 is 0 Å². The van der Waals surface area contributed by atoms with E-state index in [2.05, 4.69) is 4.98 Å². The highest BCUT2D eigenvalue weighted by Crippen LogP contribution is 2.37. The van der Waals surface area contributed by atoms with Crippen LogP contribution < -0.4 is 4.90 Å². The zero-order valence-corrected chi connectivity index (χ0v) is 16.6. The molecule has 0 saturated heterocycles. The average Bonchev–Trinajstić information content (AvgIpc) is 2.91. The lowest BCUT2D eigenvalue weighted by Gasteiger charge is -2.22. The number of hydrogen-bond donors (Lipinski definition) is 0. The zero-order chi connectivity index (χ0) is 19.1. The van der Waals surface area contributed by atoms with Crippen LogP contribution >= 0.6 is 34.8 Å².